The van der Waals surface area contributed by atoms with Crippen LogP contribution in [0.1, 0.15) is 19.8 Å². The maximum atomic E-state index is 12.7. The second kappa shape index (κ2) is 5.85. The molecule has 1 amide bonds. The molecule has 118 valence electrons. The lowest BCUT2D eigenvalue weighted by Gasteiger charge is -2.18. The molecule has 1 N–H and O–H groups in total. The molecule has 3 rings (SSSR count). The van der Waals surface area contributed by atoms with E-state index in [4.69, 9.17) is 0 Å². The van der Waals surface area contributed by atoms with E-state index in [0.29, 0.717) is 30.6 Å². The Morgan fingerprint density at radius 2 is 1.64 bits per heavy atom. The Hall–Kier alpha value is -1.66. The zero-order chi connectivity index (χ0) is 15.7. The van der Waals surface area contributed by atoms with Crippen molar-refractivity contribution in [3.63, 3.8) is 0 Å². The molecule has 2 unspecified atom stereocenters. The molecule has 1 heterocycles. The first-order valence-electron chi connectivity index (χ1n) is 7.49. The minimum Gasteiger partial charge on any atom is -0.326 e. The standard InChI is InChI=1S/C16H20N2O3S/c1-12(19)17-15-6-8-16(9-7-15)22(20,21)18-10-13-4-2-3-5-14(13)11-18/h2-3,6-9,13-14H,4-5,10-11H2,1H3,(H,17,19). The van der Waals surface area contributed by atoms with Gasteiger partial charge in [-0.15, -0.1) is 0 Å². The van der Waals surface area contributed by atoms with Gasteiger partial charge in [-0.3, -0.25) is 4.79 Å². The van der Waals surface area contributed by atoms with Crippen LogP contribution in [0.5, 0.6) is 0 Å². The number of fused-ring (bicyclic) bond motifs is 1. The lowest BCUT2D eigenvalue weighted by molar-refractivity contribution is -0.114. The highest BCUT2D eigenvalue weighted by atomic mass is 32.2. The summed E-state index contributed by atoms with van der Waals surface area (Å²) in [5.41, 5.74) is 0.603. The first kappa shape index (κ1) is 15.2. The van der Waals surface area contributed by atoms with Crippen molar-refractivity contribution in [2.24, 2.45) is 11.8 Å². The highest BCUT2D eigenvalue weighted by Crippen LogP contribution is 2.35. The van der Waals surface area contributed by atoms with Gasteiger partial charge in [-0.25, -0.2) is 8.42 Å². The predicted molar refractivity (Wildman–Crippen MR) is 84.9 cm³/mol. The number of anilines is 1. The molecule has 0 aromatic heterocycles. The highest BCUT2D eigenvalue weighted by Gasteiger charge is 2.39. The number of rotatable bonds is 3. The third-order valence-electron chi connectivity index (χ3n) is 4.40. The van der Waals surface area contributed by atoms with Crippen LogP contribution in [0.4, 0.5) is 5.69 Å². The third-order valence-corrected chi connectivity index (χ3v) is 6.25. The minimum atomic E-state index is -3.45. The van der Waals surface area contributed by atoms with E-state index >= 15 is 0 Å². The lowest BCUT2D eigenvalue weighted by Crippen LogP contribution is -2.29. The summed E-state index contributed by atoms with van der Waals surface area (Å²) in [5.74, 6) is 0.712. The number of hydrogen-bond acceptors (Lipinski definition) is 3. The molecular formula is C16H20N2O3S. The van der Waals surface area contributed by atoms with E-state index in [2.05, 4.69) is 17.5 Å². The molecular weight excluding hydrogens is 300 g/mol. The number of allylic oxidation sites excluding steroid dienone is 2. The fourth-order valence-electron chi connectivity index (χ4n) is 3.23. The Bertz CT molecular complexity index is 679. The maximum Gasteiger partial charge on any atom is 0.243 e. The van der Waals surface area contributed by atoms with Crippen molar-refractivity contribution >= 4 is 21.6 Å². The molecule has 1 aromatic carbocycles. The van der Waals surface area contributed by atoms with E-state index in [9.17, 15) is 13.2 Å². The van der Waals surface area contributed by atoms with Gasteiger partial charge in [-0.2, -0.15) is 4.31 Å². The monoisotopic (exact) mass is 320 g/mol. The summed E-state index contributed by atoms with van der Waals surface area (Å²) < 4.78 is 27.1. The molecule has 1 aliphatic carbocycles. The van der Waals surface area contributed by atoms with E-state index in [1.807, 2.05) is 0 Å². The molecule has 0 radical (unpaired) electrons. The zero-order valence-electron chi connectivity index (χ0n) is 12.5. The lowest BCUT2D eigenvalue weighted by atomic mass is 9.86. The van der Waals surface area contributed by atoms with Crippen LogP contribution in [0.3, 0.4) is 0 Å². The number of nitrogens with one attached hydrogen (secondary N) is 1. The molecule has 2 atom stereocenters. The second-order valence-corrected chi connectivity index (χ2v) is 7.93. The molecule has 0 bridgehead atoms. The van der Waals surface area contributed by atoms with E-state index in [1.54, 1.807) is 28.6 Å². The Balaban J connectivity index is 1.77. The molecule has 1 aliphatic heterocycles. The van der Waals surface area contributed by atoms with Crippen molar-refractivity contribution in [2.75, 3.05) is 18.4 Å². The topological polar surface area (TPSA) is 66.5 Å². The fourth-order valence-corrected chi connectivity index (χ4v) is 4.78. The number of carbonyl (C=O) groups is 1. The van der Waals surface area contributed by atoms with E-state index in [0.717, 1.165) is 12.8 Å². The van der Waals surface area contributed by atoms with Crippen molar-refractivity contribution in [3.05, 3.63) is 36.4 Å². The second-order valence-electron chi connectivity index (χ2n) is 5.99. The van der Waals surface area contributed by atoms with Crippen LogP contribution < -0.4 is 5.32 Å². The van der Waals surface area contributed by atoms with Crippen LogP contribution in [0.15, 0.2) is 41.3 Å². The molecule has 1 aromatic rings. The van der Waals surface area contributed by atoms with Crippen molar-refractivity contribution in [2.45, 2.75) is 24.7 Å². The first-order valence-corrected chi connectivity index (χ1v) is 8.93. The van der Waals surface area contributed by atoms with Crippen molar-refractivity contribution in [1.29, 1.82) is 0 Å². The summed E-state index contributed by atoms with van der Waals surface area (Å²) in [6.45, 7) is 2.63. The fraction of sp³-hybridized carbons (Fsp3) is 0.438. The van der Waals surface area contributed by atoms with Crippen LogP contribution >= 0.6 is 0 Å². The van der Waals surface area contributed by atoms with Gasteiger partial charge in [0.05, 0.1) is 4.90 Å². The van der Waals surface area contributed by atoms with Gasteiger partial charge in [0.25, 0.3) is 0 Å². The smallest absolute Gasteiger partial charge is 0.243 e. The summed E-state index contributed by atoms with van der Waals surface area (Å²) in [6, 6.07) is 6.36. The van der Waals surface area contributed by atoms with Crippen molar-refractivity contribution in [1.82, 2.24) is 4.31 Å². The van der Waals surface area contributed by atoms with E-state index in [1.165, 1.54) is 6.92 Å². The van der Waals surface area contributed by atoms with Gasteiger partial charge in [-0.1, -0.05) is 12.2 Å². The van der Waals surface area contributed by atoms with Crippen LogP contribution in [0.2, 0.25) is 0 Å². The average molecular weight is 320 g/mol. The van der Waals surface area contributed by atoms with E-state index in [-0.39, 0.29) is 10.8 Å². The number of sulfonamides is 1. The minimum absolute atomic E-state index is 0.174. The first-order chi connectivity index (χ1) is 10.5. The SMILES string of the molecule is CC(=O)Nc1ccc(S(=O)(=O)N2CC3CC=CCC3C2)cc1. The number of amides is 1. The Labute approximate surface area is 131 Å². The molecule has 2 aliphatic rings. The number of hydrogen-bond donors (Lipinski definition) is 1. The molecule has 0 saturated carbocycles. The maximum absolute atomic E-state index is 12.7. The Kier molecular flexibility index (Phi) is 4.06. The molecule has 22 heavy (non-hydrogen) atoms. The average Bonchev–Trinajstić information content (AvgIpc) is 2.92. The third kappa shape index (κ3) is 2.94. The molecule has 5 nitrogen and oxygen atoms in total. The zero-order valence-corrected chi connectivity index (χ0v) is 13.3. The van der Waals surface area contributed by atoms with Gasteiger partial charge >= 0.3 is 0 Å². The number of benzene rings is 1. The van der Waals surface area contributed by atoms with Crippen LogP contribution in [0, 0.1) is 11.8 Å². The van der Waals surface area contributed by atoms with Gasteiger partial charge in [0.15, 0.2) is 0 Å². The number of carbonyl (C=O) groups excluding carboxylic acids is 1. The van der Waals surface area contributed by atoms with Crippen molar-refractivity contribution < 1.29 is 13.2 Å². The van der Waals surface area contributed by atoms with Crippen molar-refractivity contribution in [3.8, 4) is 0 Å². The van der Waals surface area contributed by atoms with E-state index < -0.39 is 10.0 Å². The molecule has 6 heteroatoms. The molecule has 0 spiro atoms. The van der Waals surface area contributed by atoms with Gasteiger partial charge < -0.3 is 5.32 Å². The van der Waals surface area contributed by atoms with Gasteiger partial charge in [-0.05, 0) is 48.9 Å². The molecule has 1 saturated heterocycles. The highest BCUT2D eigenvalue weighted by molar-refractivity contribution is 7.89. The van der Waals surface area contributed by atoms with Crippen LogP contribution in [0.25, 0.3) is 0 Å². The van der Waals surface area contributed by atoms with Crippen LogP contribution in [-0.4, -0.2) is 31.7 Å². The number of nitrogens with zero attached hydrogens (tertiary/aromatic N) is 1. The quantitative estimate of drug-likeness (QED) is 0.869. The Morgan fingerprint density at radius 1 is 1.09 bits per heavy atom. The predicted octanol–water partition coefficient (Wildman–Crippen LogP) is 2.23. The van der Waals surface area contributed by atoms with Gasteiger partial charge in [0, 0.05) is 25.7 Å². The summed E-state index contributed by atoms with van der Waals surface area (Å²) in [4.78, 5) is 11.3. The summed E-state index contributed by atoms with van der Waals surface area (Å²) >= 11 is 0. The summed E-state index contributed by atoms with van der Waals surface area (Å²) in [7, 11) is -3.45. The summed E-state index contributed by atoms with van der Waals surface area (Å²) in [6.07, 6.45) is 6.25. The summed E-state index contributed by atoms with van der Waals surface area (Å²) in [5, 5.41) is 2.64. The largest absolute Gasteiger partial charge is 0.326 e. The van der Waals surface area contributed by atoms with Gasteiger partial charge in [0.1, 0.15) is 0 Å². The molecule has 1 fully saturated rings. The Morgan fingerprint density at radius 3 is 2.14 bits per heavy atom. The van der Waals surface area contributed by atoms with Crippen LogP contribution in [-0.2, 0) is 14.8 Å². The normalized spacial score (nSPS) is 25.0. The van der Waals surface area contributed by atoms with Gasteiger partial charge in [0.2, 0.25) is 15.9 Å².